The molecule has 6 atom stereocenters. The molecule has 3 saturated carbocycles. The maximum atomic E-state index is 12.8. The molecule has 0 amide bonds. The first-order chi connectivity index (χ1) is 12.2. The summed E-state index contributed by atoms with van der Waals surface area (Å²) in [6, 6.07) is 0. The Balaban J connectivity index is -0.000000333. The van der Waals surface area contributed by atoms with Gasteiger partial charge in [0.05, 0.1) is 0 Å². The molecule has 3 aliphatic carbocycles. The Morgan fingerprint density at radius 1 is 0.414 bits per heavy atom. The third kappa shape index (κ3) is 14.4. The van der Waals surface area contributed by atoms with Crippen LogP contribution in [0.1, 0.15) is 106 Å². The zero-order chi connectivity index (χ0) is 19.7. The van der Waals surface area contributed by atoms with Crippen LogP contribution in [-0.2, 0) is 0 Å². The van der Waals surface area contributed by atoms with E-state index in [2.05, 4.69) is 27.7 Å². The summed E-state index contributed by atoms with van der Waals surface area (Å²) in [5.41, 5.74) is 0. The number of halogens is 2. The minimum atomic E-state index is -0.520. The number of hydrogen-bond acceptors (Lipinski definition) is 0. The lowest BCUT2D eigenvalue weighted by Crippen LogP contribution is -2.22. The van der Waals surface area contributed by atoms with Gasteiger partial charge in [0, 0.05) is 0 Å². The summed E-state index contributed by atoms with van der Waals surface area (Å²) >= 11 is 0. The van der Waals surface area contributed by atoms with Crippen molar-refractivity contribution in [2.45, 2.75) is 118 Å². The molecule has 0 spiro atoms. The predicted octanol–water partition coefficient (Wildman–Crippen LogP) is 5.92. The third-order valence-corrected chi connectivity index (χ3v) is 7.02. The SMILES string of the molecule is CC1CCC(C)C(F)C1.CC1CCC(C)C(F)C1.CC1CCC(C)CC1.O.O.O. The fraction of sp³-hybridized carbons (Fsp3) is 1.00. The molecular weight excluding hydrogens is 374 g/mol. The average Bonchev–Trinajstić information content (AvgIpc) is 2.59. The average molecular weight is 427 g/mol. The highest BCUT2D eigenvalue weighted by molar-refractivity contribution is 4.75. The van der Waals surface area contributed by atoms with Crippen LogP contribution in [0.5, 0.6) is 0 Å². The molecule has 0 bridgehead atoms. The van der Waals surface area contributed by atoms with Gasteiger partial charge in [0.1, 0.15) is 12.3 Å². The van der Waals surface area contributed by atoms with Gasteiger partial charge in [-0.2, -0.15) is 0 Å². The summed E-state index contributed by atoms with van der Waals surface area (Å²) in [4.78, 5) is 0. The Bertz CT molecular complexity index is 328. The van der Waals surface area contributed by atoms with E-state index in [1.807, 2.05) is 13.8 Å². The van der Waals surface area contributed by atoms with E-state index in [0.717, 1.165) is 37.5 Å². The van der Waals surface area contributed by atoms with Crippen molar-refractivity contribution in [1.29, 1.82) is 0 Å². The van der Waals surface area contributed by atoms with E-state index in [4.69, 9.17) is 0 Å². The van der Waals surface area contributed by atoms with Crippen LogP contribution in [-0.4, -0.2) is 28.8 Å². The molecule has 6 unspecified atom stereocenters. The maximum Gasteiger partial charge on any atom is 0.103 e. The van der Waals surface area contributed by atoms with Gasteiger partial charge >= 0.3 is 0 Å². The smallest absolute Gasteiger partial charge is 0.103 e. The summed E-state index contributed by atoms with van der Waals surface area (Å²) < 4.78 is 25.7. The van der Waals surface area contributed by atoms with E-state index in [-0.39, 0.29) is 16.4 Å². The number of hydrogen-bond donors (Lipinski definition) is 0. The quantitative estimate of drug-likeness (QED) is 0.460. The zero-order valence-electron chi connectivity index (χ0n) is 19.9. The van der Waals surface area contributed by atoms with Gasteiger partial charge in [-0.1, -0.05) is 80.1 Å². The van der Waals surface area contributed by atoms with E-state index in [1.54, 1.807) is 0 Å². The molecule has 3 nitrogen and oxygen atoms in total. The lowest BCUT2D eigenvalue weighted by molar-refractivity contribution is 0.144. The molecule has 0 radical (unpaired) electrons. The van der Waals surface area contributed by atoms with Crippen molar-refractivity contribution in [1.82, 2.24) is 0 Å². The molecule has 180 valence electrons. The Labute approximate surface area is 179 Å². The van der Waals surface area contributed by atoms with Crippen molar-refractivity contribution in [2.24, 2.45) is 35.5 Å². The van der Waals surface area contributed by atoms with Gasteiger partial charge in [-0.25, -0.2) is 8.78 Å². The standard InChI is InChI=1S/2C8H15F.C8H16.3H2O/c2*1-6-3-4-7(2)8(9)5-6;1-7-3-5-8(2)6-4-7;;;/h2*6-8H,3-5H2,1-2H3;7-8H,3-6H2,1-2H3;3*1H2. The van der Waals surface area contributed by atoms with E-state index in [9.17, 15) is 8.78 Å². The van der Waals surface area contributed by atoms with Crippen molar-refractivity contribution in [3.63, 3.8) is 0 Å². The lowest BCUT2D eigenvalue weighted by Gasteiger charge is -2.26. The van der Waals surface area contributed by atoms with Crippen molar-refractivity contribution in [3.05, 3.63) is 0 Å². The van der Waals surface area contributed by atoms with E-state index < -0.39 is 12.3 Å². The molecular formula is C24H52F2O3. The van der Waals surface area contributed by atoms with Crippen LogP contribution in [0.4, 0.5) is 8.78 Å². The molecule has 0 heterocycles. The zero-order valence-corrected chi connectivity index (χ0v) is 19.9. The predicted molar refractivity (Wildman–Crippen MR) is 122 cm³/mol. The van der Waals surface area contributed by atoms with E-state index in [1.165, 1.54) is 38.5 Å². The second-order valence-corrected chi connectivity index (χ2v) is 10.2. The largest absolute Gasteiger partial charge is 0.412 e. The van der Waals surface area contributed by atoms with Crippen LogP contribution in [0.3, 0.4) is 0 Å². The molecule has 5 heteroatoms. The Morgan fingerprint density at radius 2 is 0.655 bits per heavy atom. The van der Waals surface area contributed by atoms with Crippen LogP contribution < -0.4 is 0 Å². The van der Waals surface area contributed by atoms with Gasteiger partial charge in [0.25, 0.3) is 0 Å². The van der Waals surface area contributed by atoms with Crippen molar-refractivity contribution in [3.8, 4) is 0 Å². The Kier molecular flexibility index (Phi) is 20.1. The van der Waals surface area contributed by atoms with Gasteiger partial charge in [-0.15, -0.1) is 0 Å². The van der Waals surface area contributed by atoms with Crippen molar-refractivity contribution < 1.29 is 25.2 Å². The molecule has 0 saturated heterocycles. The third-order valence-electron chi connectivity index (χ3n) is 7.02. The van der Waals surface area contributed by atoms with Gasteiger partial charge in [-0.3, -0.25) is 0 Å². The Hall–Kier alpha value is -0.260. The highest BCUT2D eigenvalue weighted by atomic mass is 19.1. The van der Waals surface area contributed by atoms with Crippen LogP contribution in [0.25, 0.3) is 0 Å². The summed E-state index contributed by atoms with van der Waals surface area (Å²) in [7, 11) is 0. The number of rotatable bonds is 0. The van der Waals surface area contributed by atoms with Crippen LogP contribution in [0.2, 0.25) is 0 Å². The van der Waals surface area contributed by atoms with Crippen LogP contribution >= 0.6 is 0 Å². The van der Waals surface area contributed by atoms with Gasteiger partial charge < -0.3 is 16.4 Å². The summed E-state index contributed by atoms with van der Waals surface area (Å²) in [6.07, 6.45) is 11.1. The van der Waals surface area contributed by atoms with Crippen molar-refractivity contribution in [2.75, 3.05) is 0 Å². The van der Waals surface area contributed by atoms with E-state index >= 15 is 0 Å². The lowest BCUT2D eigenvalue weighted by atomic mass is 9.83. The first-order valence-electron chi connectivity index (χ1n) is 11.5. The molecule has 3 rings (SSSR count). The molecule has 6 N–H and O–H groups in total. The molecule has 0 aromatic carbocycles. The minimum absolute atomic E-state index is 0. The minimum Gasteiger partial charge on any atom is -0.412 e. The van der Waals surface area contributed by atoms with Gasteiger partial charge in [0.2, 0.25) is 0 Å². The second kappa shape index (κ2) is 17.4. The highest BCUT2D eigenvalue weighted by Crippen LogP contribution is 2.31. The van der Waals surface area contributed by atoms with Crippen molar-refractivity contribution >= 4 is 0 Å². The molecule has 0 aliphatic heterocycles. The Morgan fingerprint density at radius 3 is 0.862 bits per heavy atom. The van der Waals surface area contributed by atoms with Crippen LogP contribution in [0.15, 0.2) is 0 Å². The summed E-state index contributed by atoms with van der Waals surface area (Å²) in [6.45, 7) is 13.0. The highest BCUT2D eigenvalue weighted by Gasteiger charge is 2.25. The fourth-order valence-electron chi connectivity index (χ4n) is 4.35. The van der Waals surface area contributed by atoms with Crippen LogP contribution in [0, 0.1) is 35.5 Å². The summed E-state index contributed by atoms with van der Waals surface area (Å²) in [5, 5.41) is 0. The molecule has 3 fully saturated rings. The topological polar surface area (TPSA) is 94.5 Å². The van der Waals surface area contributed by atoms with Gasteiger partial charge in [0.15, 0.2) is 0 Å². The second-order valence-electron chi connectivity index (χ2n) is 10.2. The number of alkyl halides is 2. The molecule has 3 aliphatic rings. The molecule has 0 aromatic heterocycles. The molecule has 29 heavy (non-hydrogen) atoms. The first-order valence-corrected chi connectivity index (χ1v) is 11.5. The van der Waals surface area contributed by atoms with Gasteiger partial charge in [-0.05, 0) is 61.2 Å². The molecule has 0 aromatic rings. The monoisotopic (exact) mass is 426 g/mol. The first kappa shape index (κ1) is 33.4. The normalized spacial score (nSPS) is 38.9. The van der Waals surface area contributed by atoms with E-state index in [0.29, 0.717) is 23.7 Å². The fourth-order valence-corrected chi connectivity index (χ4v) is 4.35. The maximum absolute atomic E-state index is 12.8. The summed E-state index contributed by atoms with van der Waals surface area (Å²) in [5.74, 6) is 3.92.